The van der Waals surface area contributed by atoms with Gasteiger partial charge in [-0.1, -0.05) is 0 Å². The normalized spacial score (nSPS) is 19.3. The predicted molar refractivity (Wildman–Crippen MR) is 67.6 cm³/mol. The topological polar surface area (TPSA) is 75.4 Å². The Balaban J connectivity index is 2.34. The second-order valence-electron chi connectivity index (χ2n) is 4.30. The number of hydrogen-bond donors (Lipinski definition) is 1. The number of carbonyl (C=O) groups excluding carboxylic acids is 1. The SMILES string of the molecule is Cc1nn(C)c(C)c1C(=O)N1CSC[C@H]1C(=O)O. The molecule has 1 aliphatic heterocycles. The van der Waals surface area contributed by atoms with Crippen molar-refractivity contribution in [3.05, 3.63) is 17.0 Å². The maximum Gasteiger partial charge on any atom is 0.327 e. The third kappa shape index (κ3) is 1.98. The number of thioether (sulfide) groups is 1. The van der Waals surface area contributed by atoms with Gasteiger partial charge in [0.05, 0.1) is 17.1 Å². The number of carboxylic acids is 1. The van der Waals surface area contributed by atoms with Crippen molar-refractivity contribution < 1.29 is 14.7 Å². The lowest BCUT2D eigenvalue weighted by Crippen LogP contribution is -2.42. The average Bonchev–Trinajstić information content (AvgIpc) is 2.85. The molecule has 2 rings (SSSR count). The third-order valence-corrected chi connectivity index (χ3v) is 4.16. The zero-order chi connectivity index (χ0) is 13.4. The molecule has 1 amide bonds. The monoisotopic (exact) mass is 269 g/mol. The van der Waals surface area contributed by atoms with Crippen LogP contribution in [0.15, 0.2) is 0 Å². The van der Waals surface area contributed by atoms with Crippen molar-refractivity contribution >= 4 is 23.6 Å². The minimum atomic E-state index is -0.951. The van der Waals surface area contributed by atoms with Crippen LogP contribution in [0.4, 0.5) is 0 Å². The first-order valence-corrected chi connectivity index (χ1v) is 6.70. The van der Waals surface area contributed by atoms with E-state index < -0.39 is 12.0 Å². The molecule has 1 saturated heterocycles. The summed E-state index contributed by atoms with van der Waals surface area (Å²) in [6.45, 7) is 3.57. The highest BCUT2D eigenvalue weighted by Gasteiger charge is 2.36. The van der Waals surface area contributed by atoms with Crippen LogP contribution in [-0.2, 0) is 11.8 Å². The Morgan fingerprint density at radius 1 is 1.44 bits per heavy atom. The number of nitrogens with zero attached hydrogens (tertiary/aromatic N) is 3. The van der Waals surface area contributed by atoms with Crippen molar-refractivity contribution in [3.63, 3.8) is 0 Å². The fourth-order valence-corrected chi connectivity index (χ4v) is 3.22. The molecule has 1 atom stereocenters. The van der Waals surface area contributed by atoms with Crippen LogP contribution in [0.2, 0.25) is 0 Å². The van der Waals surface area contributed by atoms with E-state index in [1.54, 1.807) is 18.7 Å². The molecule has 18 heavy (non-hydrogen) atoms. The smallest absolute Gasteiger partial charge is 0.327 e. The van der Waals surface area contributed by atoms with Crippen molar-refractivity contribution in [2.24, 2.45) is 7.05 Å². The van der Waals surface area contributed by atoms with Gasteiger partial charge in [-0.3, -0.25) is 9.48 Å². The molecular weight excluding hydrogens is 254 g/mol. The lowest BCUT2D eigenvalue weighted by Gasteiger charge is -2.20. The highest BCUT2D eigenvalue weighted by molar-refractivity contribution is 7.99. The second-order valence-corrected chi connectivity index (χ2v) is 5.30. The van der Waals surface area contributed by atoms with Gasteiger partial charge in [-0.2, -0.15) is 5.10 Å². The summed E-state index contributed by atoms with van der Waals surface area (Å²) in [7, 11) is 1.77. The van der Waals surface area contributed by atoms with E-state index in [2.05, 4.69) is 5.10 Å². The lowest BCUT2D eigenvalue weighted by atomic mass is 10.1. The van der Waals surface area contributed by atoms with Crippen LogP contribution in [0, 0.1) is 13.8 Å². The van der Waals surface area contributed by atoms with Crippen molar-refractivity contribution in [2.75, 3.05) is 11.6 Å². The Morgan fingerprint density at radius 2 is 2.11 bits per heavy atom. The Kier molecular flexibility index (Phi) is 3.34. The molecule has 0 aliphatic carbocycles. The standard InChI is InChI=1S/C11H15N3O3S/c1-6-9(7(2)13(3)12-6)10(15)14-5-18-4-8(14)11(16)17/h8H,4-5H2,1-3H3,(H,16,17)/t8-/m0/s1. The lowest BCUT2D eigenvalue weighted by molar-refractivity contribution is -0.140. The van der Waals surface area contributed by atoms with Crippen molar-refractivity contribution in [2.45, 2.75) is 19.9 Å². The maximum absolute atomic E-state index is 12.4. The molecule has 0 radical (unpaired) electrons. The number of hydrogen-bond acceptors (Lipinski definition) is 4. The molecule has 1 N–H and O–H groups in total. The van der Waals surface area contributed by atoms with Gasteiger partial charge in [-0.25, -0.2) is 4.79 Å². The summed E-state index contributed by atoms with van der Waals surface area (Å²) in [6.07, 6.45) is 0. The molecule has 2 heterocycles. The first-order valence-electron chi connectivity index (χ1n) is 5.55. The van der Waals surface area contributed by atoms with Gasteiger partial charge in [0.1, 0.15) is 6.04 Å². The number of aryl methyl sites for hydroxylation is 2. The Bertz CT molecular complexity index is 512. The summed E-state index contributed by atoms with van der Waals surface area (Å²) in [6, 6.07) is -0.735. The van der Waals surface area contributed by atoms with E-state index in [-0.39, 0.29) is 5.91 Å². The number of aliphatic carboxylic acids is 1. The van der Waals surface area contributed by atoms with Gasteiger partial charge in [0.25, 0.3) is 5.91 Å². The van der Waals surface area contributed by atoms with Crippen molar-refractivity contribution in [3.8, 4) is 0 Å². The zero-order valence-corrected chi connectivity index (χ0v) is 11.3. The van der Waals surface area contributed by atoms with E-state index in [9.17, 15) is 9.59 Å². The highest BCUT2D eigenvalue weighted by Crippen LogP contribution is 2.25. The Labute approximate surface area is 109 Å². The molecular formula is C11H15N3O3S. The number of carbonyl (C=O) groups is 2. The molecule has 1 aliphatic rings. The maximum atomic E-state index is 12.4. The molecule has 1 fully saturated rings. The van der Waals surface area contributed by atoms with Gasteiger partial charge in [0.2, 0.25) is 0 Å². The molecule has 6 nitrogen and oxygen atoms in total. The summed E-state index contributed by atoms with van der Waals surface area (Å²) in [5.74, 6) is -0.328. The number of amides is 1. The van der Waals surface area contributed by atoms with E-state index in [1.165, 1.54) is 16.7 Å². The van der Waals surface area contributed by atoms with Crippen LogP contribution in [0.3, 0.4) is 0 Å². The second kappa shape index (κ2) is 4.64. The van der Waals surface area contributed by atoms with Gasteiger partial charge in [0.15, 0.2) is 0 Å². The van der Waals surface area contributed by atoms with Crippen LogP contribution in [0.5, 0.6) is 0 Å². The molecule has 0 aromatic carbocycles. The molecule has 0 saturated carbocycles. The fourth-order valence-electron chi connectivity index (χ4n) is 2.07. The molecule has 0 spiro atoms. The first-order chi connectivity index (χ1) is 8.43. The fraction of sp³-hybridized carbons (Fsp3) is 0.545. The molecule has 7 heteroatoms. The minimum Gasteiger partial charge on any atom is -0.480 e. The van der Waals surface area contributed by atoms with Gasteiger partial charge in [-0.05, 0) is 13.8 Å². The summed E-state index contributed by atoms with van der Waals surface area (Å²) in [5.41, 5.74) is 1.92. The van der Waals surface area contributed by atoms with Gasteiger partial charge in [0, 0.05) is 18.5 Å². The Morgan fingerprint density at radius 3 is 2.61 bits per heavy atom. The van der Waals surface area contributed by atoms with Crippen LogP contribution in [0.1, 0.15) is 21.7 Å². The summed E-state index contributed by atoms with van der Waals surface area (Å²) < 4.78 is 1.64. The average molecular weight is 269 g/mol. The quantitative estimate of drug-likeness (QED) is 0.852. The van der Waals surface area contributed by atoms with E-state index in [0.717, 1.165) is 5.69 Å². The van der Waals surface area contributed by atoms with E-state index in [0.29, 0.717) is 22.9 Å². The van der Waals surface area contributed by atoms with Crippen LogP contribution < -0.4 is 0 Å². The number of rotatable bonds is 2. The van der Waals surface area contributed by atoms with Crippen LogP contribution in [-0.4, -0.2) is 49.3 Å². The summed E-state index contributed by atoms with van der Waals surface area (Å²) in [4.78, 5) is 24.9. The predicted octanol–water partition coefficient (Wildman–Crippen LogP) is 0.637. The van der Waals surface area contributed by atoms with Crippen molar-refractivity contribution in [1.82, 2.24) is 14.7 Å². The summed E-state index contributed by atoms with van der Waals surface area (Å²) in [5, 5.41) is 13.3. The molecule has 98 valence electrons. The van der Waals surface area contributed by atoms with Gasteiger partial charge in [-0.15, -0.1) is 11.8 Å². The van der Waals surface area contributed by atoms with Crippen LogP contribution >= 0.6 is 11.8 Å². The number of aromatic nitrogens is 2. The molecule has 1 aromatic heterocycles. The van der Waals surface area contributed by atoms with E-state index in [4.69, 9.17) is 5.11 Å². The molecule has 1 aromatic rings. The first kappa shape index (κ1) is 12.9. The van der Waals surface area contributed by atoms with E-state index in [1.807, 2.05) is 6.92 Å². The minimum absolute atomic E-state index is 0.240. The van der Waals surface area contributed by atoms with Crippen molar-refractivity contribution in [1.29, 1.82) is 0 Å². The van der Waals surface area contributed by atoms with Gasteiger partial charge < -0.3 is 10.0 Å². The third-order valence-electron chi connectivity index (χ3n) is 3.15. The summed E-state index contributed by atoms with van der Waals surface area (Å²) >= 11 is 1.46. The van der Waals surface area contributed by atoms with E-state index >= 15 is 0 Å². The molecule has 0 unspecified atom stereocenters. The zero-order valence-electron chi connectivity index (χ0n) is 10.5. The highest BCUT2D eigenvalue weighted by atomic mass is 32.2. The Hall–Kier alpha value is -1.50. The van der Waals surface area contributed by atoms with Crippen LogP contribution in [0.25, 0.3) is 0 Å². The molecule has 0 bridgehead atoms. The van der Waals surface area contributed by atoms with Gasteiger partial charge >= 0.3 is 5.97 Å². The largest absolute Gasteiger partial charge is 0.480 e. The number of carboxylic acid groups (broad SMARTS) is 1.